The molecule has 1 unspecified atom stereocenters. The number of hydrogen-bond donors (Lipinski definition) is 0. The van der Waals surface area contributed by atoms with Gasteiger partial charge >= 0.3 is 0 Å². The molecular formula is C16H18. The van der Waals surface area contributed by atoms with Crippen molar-refractivity contribution in [3.05, 3.63) is 71.4 Å². The van der Waals surface area contributed by atoms with Crippen LogP contribution in [0.2, 0.25) is 0 Å². The first kappa shape index (κ1) is 10.9. The molecule has 0 fully saturated rings. The lowest BCUT2D eigenvalue weighted by molar-refractivity contribution is 0.863. The minimum atomic E-state index is 0.455. The van der Waals surface area contributed by atoms with Gasteiger partial charge < -0.3 is 0 Å². The van der Waals surface area contributed by atoms with E-state index in [1.54, 1.807) is 0 Å². The van der Waals surface area contributed by atoms with Crippen LogP contribution in [0.5, 0.6) is 0 Å². The average Bonchev–Trinajstić information content (AvgIpc) is 2.41. The van der Waals surface area contributed by atoms with Crippen LogP contribution in [0.25, 0.3) is 0 Å². The summed E-state index contributed by atoms with van der Waals surface area (Å²) in [5.41, 5.74) is 6.72. The van der Waals surface area contributed by atoms with Gasteiger partial charge in [-0.2, -0.15) is 0 Å². The van der Waals surface area contributed by atoms with E-state index in [1.807, 2.05) is 12.2 Å². The second kappa shape index (κ2) is 4.13. The molecule has 0 saturated carbocycles. The van der Waals surface area contributed by atoms with Gasteiger partial charge in [0.1, 0.15) is 0 Å². The molecule has 0 heterocycles. The van der Waals surface area contributed by atoms with Crippen LogP contribution >= 0.6 is 0 Å². The fraction of sp³-hybridized carbons (Fsp3) is 0.250. The highest BCUT2D eigenvalue weighted by Crippen LogP contribution is 2.43. The second-order valence-electron chi connectivity index (χ2n) is 4.46. The Balaban J connectivity index is 2.60. The monoisotopic (exact) mass is 210 g/mol. The molecule has 16 heavy (non-hydrogen) atoms. The zero-order chi connectivity index (χ0) is 11.7. The van der Waals surface area contributed by atoms with Crippen LogP contribution < -0.4 is 0 Å². The maximum Gasteiger partial charge on any atom is 0.00700 e. The Morgan fingerprint density at radius 1 is 1.25 bits per heavy atom. The van der Waals surface area contributed by atoms with Crippen molar-refractivity contribution in [2.24, 2.45) is 5.92 Å². The van der Waals surface area contributed by atoms with Crippen molar-refractivity contribution in [1.82, 2.24) is 0 Å². The first-order chi connectivity index (χ1) is 7.69. The summed E-state index contributed by atoms with van der Waals surface area (Å²) in [7, 11) is 0. The van der Waals surface area contributed by atoms with Crippen molar-refractivity contribution >= 4 is 0 Å². The van der Waals surface area contributed by atoms with E-state index in [-0.39, 0.29) is 0 Å². The average molecular weight is 210 g/mol. The van der Waals surface area contributed by atoms with E-state index in [0.717, 1.165) is 6.42 Å². The molecule has 0 aromatic carbocycles. The molecule has 0 aromatic rings. The molecule has 0 spiro atoms. The molecule has 0 amide bonds. The molecule has 0 aliphatic heterocycles. The molecule has 1 atom stereocenters. The van der Waals surface area contributed by atoms with Gasteiger partial charge in [0.2, 0.25) is 0 Å². The summed E-state index contributed by atoms with van der Waals surface area (Å²) in [6, 6.07) is 0. The standard InChI is InChI=1S/C16H18/c1-5-13-12(4)15-9-7-11(3)8-10-16(15)14(13)6-2/h5-6,8-10,12H,1-2,7H2,3-4H3. The quantitative estimate of drug-likeness (QED) is 0.629. The first-order valence-electron chi connectivity index (χ1n) is 5.76. The van der Waals surface area contributed by atoms with Gasteiger partial charge in [0.25, 0.3) is 0 Å². The van der Waals surface area contributed by atoms with Gasteiger partial charge in [-0.1, -0.05) is 56.0 Å². The van der Waals surface area contributed by atoms with Crippen molar-refractivity contribution in [2.75, 3.05) is 0 Å². The van der Waals surface area contributed by atoms with Gasteiger partial charge in [0.05, 0.1) is 0 Å². The minimum absolute atomic E-state index is 0.455. The van der Waals surface area contributed by atoms with E-state index in [9.17, 15) is 0 Å². The van der Waals surface area contributed by atoms with Crippen LogP contribution in [0.3, 0.4) is 0 Å². The van der Waals surface area contributed by atoms with Gasteiger partial charge in [-0.3, -0.25) is 0 Å². The van der Waals surface area contributed by atoms with Crippen molar-refractivity contribution < 1.29 is 0 Å². The molecule has 2 aliphatic carbocycles. The molecule has 0 saturated heterocycles. The highest BCUT2D eigenvalue weighted by molar-refractivity contribution is 5.66. The summed E-state index contributed by atoms with van der Waals surface area (Å²) >= 11 is 0. The second-order valence-corrected chi connectivity index (χ2v) is 4.46. The van der Waals surface area contributed by atoms with Crippen molar-refractivity contribution in [1.29, 1.82) is 0 Å². The van der Waals surface area contributed by atoms with Crippen molar-refractivity contribution in [3.8, 4) is 0 Å². The molecule has 2 rings (SSSR count). The third kappa shape index (κ3) is 1.55. The van der Waals surface area contributed by atoms with Crippen LogP contribution in [0.15, 0.2) is 71.4 Å². The maximum absolute atomic E-state index is 3.92. The maximum atomic E-state index is 3.92. The van der Waals surface area contributed by atoms with E-state index in [2.05, 4.69) is 45.2 Å². The molecular weight excluding hydrogens is 192 g/mol. The lowest BCUT2D eigenvalue weighted by atomic mass is 9.96. The van der Waals surface area contributed by atoms with Gasteiger partial charge in [-0.15, -0.1) is 0 Å². The third-order valence-corrected chi connectivity index (χ3v) is 3.45. The van der Waals surface area contributed by atoms with Crippen LogP contribution in [0, 0.1) is 5.92 Å². The zero-order valence-corrected chi connectivity index (χ0v) is 10.1. The van der Waals surface area contributed by atoms with Gasteiger partial charge in [0.15, 0.2) is 0 Å². The van der Waals surface area contributed by atoms with E-state index in [0.29, 0.717) is 5.92 Å². The Morgan fingerprint density at radius 2 is 2.00 bits per heavy atom. The Labute approximate surface area is 98.1 Å². The van der Waals surface area contributed by atoms with Crippen LogP contribution in [0.1, 0.15) is 20.3 Å². The predicted molar refractivity (Wildman–Crippen MR) is 71.1 cm³/mol. The van der Waals surface area contributed by atoms with Crippen molar-refractivity contribution in [3.63, 3.8) is 0 Å². The number of allylic oxidation sites excluding steroid dienone is 10. The largest absolute Gasteiger partial charge is 0.0987 e. The van der Waals surface area contributed by atoms with E-state index < -0.39 is 0 Å². The number of fused-ring (bicyclic) bond motifs is 1. The summed E-state index contributed by atoms with van der Waals surface area (Å²) in [6.45, 7) is 12.2. The Kier molecular flexibility index (Phi) is 2.82. The molecule has 2 aliphatic rings. The lowest BCUT2D eigenvalue weighted by Crippen LogP contribution is -1.94. The molecule has 82 valence electrons. The summed E-state index contributed by atoms with van der Waals surface area (Å²) in [5.74, 6) is 0.455. The van der Waals surface area contributed by atoms with Crippen LogP contribution in [-0.4, -0.2) is 0 Å². The molecule has 0 radical (unpaired) electrons. The summed E-state index contributed by atoms with van der Waals surface area (Å²) < 4.78 is 0. The summed E-state index contributed by atoms with van der Waals surface area (Å²) in [6.07, 6.45) is 11.7. The van der Waals surface area contributed by atoms with Gasteiger partial charge in [0, 0.05) is 5.92 Å². The molecule has 0 bridgehead atoms. The number of hydrogen-bond acceptors (Lipinski definition) is 0. The Hall–Kier alpha value is -1.56. The normalized spacial score (nSPS) is 24.1. The zero-order valence-electron chi connectivity index (χ0n) is 10.1. The molecule has 0 heteroatoms. The van der Waals surface area contributed by atoms with E-state index in [1.165, 1.54) is 27.9 Å². The third-order valence-electron chi connectivity index (χ3n) is 3.45. The van der Waals surface area contributed by atoms with Gasteiger partial charge in [-0.25, -0.2) is 0 Å². The Morgan fingerprint density at radius 3 is 2.62 bits per heavy atom. The van der Waals surface area contributed by atoms with E-state index >= 15 is 0 Å². The Bertz CT molecular complexity index is 464. The van der Waals surface area contributed by atoms with E-state index in [4.69, 9.17) is 0 Å². The summed E-state index contributed by atoms with van der Waals surface area (Å²) in [4.78, 5) is 0. The van der Waals surface area contributed by atoms with Gasteiger partial charge in [-0.05, 0) is 35.6 Å². The molecule has 0 aromatic heterocycles. The highest BCUT2D eigenvalue weighted by Gasteiger charge is 2.27. The SMILES string of the molecule is C=CC1=C(C=C)C(C)C2=CCC(C)=CC=C21. The first-order valence-corrected chi connectivity index (χ1v) is 5.76. The van der Waals surface area contributed by atoms with Crippen molar-refractivity contribution in [2.45, 2.75) is 20.3 Å². The minimum Gasteiger partial charge on any atom is -0.0987 e. The summed E-state index contributed by atoms with van der Waals surface area (Å²) in [5, 5.41) is 0. The van der Waals surface area contributed by atoms with Crippen LogP contribution in [-0.2, 0) is 0 Å². The fourth-order valence-corrected chi connectivity index (χ4v) is 2.50. The predicted octanol–water partition coefficient (Wildman–Crippen LogP) is 4.51. The number of rotatable bonds is 2. The topological polar surface area (TPSA) is 0 Å². The fourth-order valence-electron chi connectivity index (χ4n) is 2.50. The van der Waals surface area contributed by atoms with Crippen LogP contribution in [0.4, 0.5) is 0 Å². The highest BCUT2D eigenvalue weighted by atomic mass is 14.3. The smallest absolute Gasteiger partial charge is 0.00700 e. The lowest BCUT2D eigenvalue weighted by Gasteiger charge is -2.08. The molecule has 0 nitrogen and oxygen atoms in total. The molecule has 0 N–H and O–H groups in total.